The molecule has 0 bridgehead atoms. The van der Waals surface area contributed by atoms with Gasteiger partial charge in [-0.05, 0) is 45.0 Å². The summed E-state index contributed by atoms with van der Waals surface area (Å²) in [6.45, 7) is 8.31. The third kappa shape index (κ3) is 3.83. The molecular weight excluding hydrogens is 289 g/mol. The van der Waals surface area contributed by atoms with Gasteiger partial charge in [0.2, 0.25) is 0 Å². The number of aryl methyl sites for hydroxylation is 1. The molecule has 5 heteroatoms. The van der Waals surface area contributed by atoms with Gasteiger partial charge in [0.25, 0.3) is 0 Å². The minimum atomic E-state index is -0.252. The number of hydrogen-bond donors (Lipinski definition) is 1. The Bertz CT molecular complexity index is 622. The van der Waals surface area contributed by atoms with Crippen LogP contribution in [0.1, 0.15) is 35.9 Å². The average Bonchev–Trinajstić information content (AvgIpc) is 2.70. The molecule has 1 N–H and O–H groups in total. The van der Waals surface area contributed by atoms with Crippen molar-refractivity contribution in [2.75, 3.05) is 6.54 Å². The fourth-order valence-electron chi connectivity index (χ4n) is 2.36. The number of nitrogens with zero attached hydrogens (tertiary/aromatic N) is 2. The Balaban J connectivity index is 2.21. The molecule has 2 rings (SSSR count). The van der Waals surface area contributed by atoms with Crippen molar-refractivity contribution in [2.45, 2.75) is 40.3 Å². The van der Waals surface area contributed by atoms with Crippen LogP contribution >= 0.6 is 11.6 Å². The van der Waals surface area contributed by atoms with Gasteiger partial charge in [-0.15, -0.1) is 0 Å². The highest BCUT2D eigenvalue weighted by molar-refractivity contribution is 6.30. The first kappa shape index (κ1) is 16.0. The van der Waals surface area contributed by atoms with Crippen LogP contribution in [0.4, 0.5) is 4.39 Å². The highest BCUT2D eigenvalue weighted by atomic mass is 35.5. The molecule has 0 saturated heterocycles. The Labute approximate surface area is 130 Å². The van der Waals surface area contributed by atoms with Crippen molar-refractivity contribution < 1.29 is 4.39 Å². The number of halogens is 2. The maximum absolute atomic E-state index is 13.8. The lowest BCUT2D eigenvalue weighted by Crippen LogP contribution is -2.15. The van der Waals surface area contributed by atoms with E-state index in [0.717, 1.165) is 30.9 Å². The molecule has 0 unspecified atom stereocenters. The summed E-state index contributed by atoms with van der Waals surface area (Å²) < 4.78 is 15.7. The molecule has 0 saturated carbocycles. The number of aromatic nitrogens is 2. The van der Waals surface area contributed by atoms with Crippen LogP contribution in [-0.2, 0) is 13.1 Å². The molecular formula is C16H21ClFN3. The van der Waals surface area contributed by atoms with Gasteiger partial charge in [0, 0.05) is 28.4 Å². The lowest BCUT2D eigenvalue weighted by atomic mass is 10.2. The van der Waals surface area contributed by atoms with Crippen molar-refractivity contribution in [1.82, 2.24) is 15.1 Å². The normalized spacial score (nSPS) is 11.1. The minimum Gasteiger partial charge on any atom is -0.313 e. The van der Waals surface area contributed by atoms with E-state index in [0.29, 0.717) is 17.1 Å². The molecule has 0 spiro atoms. The molecule has 0 aliphatic heterocycles. The highest BCUT2D eigenvalue weighted by Crippen LogP contribution is 2.19. The molecule has 0 atom stereocenters. The van der Waals surface area contributed by atoms with E-state index >= 15 is 0 Å². The molecule has 3 nitrogen and oxygen atoms in total. The second-order valence-electron chi connectivity index (χ2n) is 5.22. The Kier molecular flexibility index (Phi) is 5.37. The molecule has 1 heterocycles. The number of rotatable bonds is 6. The molecule has 0 aliphatic rings. The molecule has 1 aromatic carbocycles. The zero-order valence-corrected chi connectivity index (χ0v) is 13.5. The lowest BCUT2D eigenvalue weighted by molar-refractivity contribution is 0.578. The van der Waals surface area contributed by atoms with Crippen LogP contribution in [0.25, 0.3) is 0 Å². The van der Waals surface area contributed by atoms with Crippen LogP contribution in [0.5, 0.6) is 0 Å². The molecule has 21 heavy (non-hydrogen) atoms. The number of benzene rings is 1. The summed E-state index contributed by atoms with van der Waals surface area (Å²) in [5.41, 5.74) is 3.79. The summed E-state index contributed by atoms with van der Waals surface area (Å²) in [5, 5.41) is 8.44. The maximum Gasteiger partial charge on any atom is 0.128 e. The Morgan fingerprint density at radius 2 is 2.10 bits per heavy atom. The smallest absolute Gasteiger partial charge is 0.128 e. The first-order chi connectivity index (χ1) is 10.0. The summed E-state index contributed by atoms with van der Waals surface area (Å²) in [5.74, 6) is -0.252. The fraction of sp³-hybridized carbons (Fsp3) is 0.438. The molecule has 0 amide bonds. The van der Waals surface area contributed by atoms with Crippen molar-refractivity contribution in [3.63, 3.8) is 0 Å². The van der Waals surface area contributed by atoms with Crippen molar-refractivity contribution in [3.05, 3.63) is 51.6 Å². The molecule has 114 valence electrons. The van der Waals surface area contributed by atoms with Gasteiger partial charge in [0.15, 0.2) is 0 Å². The highest BCUT2D eigenvalue weighted by Gasteiger charge is 2.13. The van der Waals surface area contributed by atoms with Crippen molar-refractivity contribution >= 4 is 11.6 Å². The zero-order valence-electron chi connectivity index (χ0n) is 12.7. The number of nitrogens with one attached hydrogen (secondary N) is 1. The largest absolute Gasteiger partial charge is 0.313 e. The van der Waals surface area contributed by atoms with E-state index in [9.17, 15) is 4.39 Å². The average molecular weight is 310 g/mol. The molecule has 0 fully saturated rings. The maximum atomic E-state index is 13.8. The molecule has 2 aromatic rings. The predicted molar refractivity (Wildman–Crippen MR) is 84.2 cm³/mol. The van der Waals surface area contributed by atoms with E-state index in [1.807, 2.05) is 18.5 Å². The van der Waals surface area contributed by atoms with Gasteiger partial charge in [-0.25, -0.2) is 4.39 Å². The molecule has 1 aromatic heterocycles. The monoisotopic (exact) mass is 309 g/mol. The fourth-order valence-corrected chi connectivity index (χ4v) is 2.55. The first-order valence-electron chi connectivity index (χ1n) is 7.20. The second-order valence-corrected chi connectivity index (χ2v) is 5.66. The summed E-state index contributed by atoms with van der Waals surface area (Å²) in [6.07, 6.45) is 1.10. The predicted octanol–water partition coefficient (Wildman–Crippen LogP) is 3.84. The first-order valence-corrected chi connectivity index (χ1v) is 7.58. The second kappa shape index (κ2) is 7.05. The van der Waals surface area contributed by atoms with Crippen molar-refractivity contribution in [3.8, 4) is 0 Å². The third-order valence-corrected chi connectivity index (χ3v) is 3.82. The Morgan fingerprint density at radius 1 is 1.33 bits per heavy atom. The van der Waals surface area contributed by atoms with Crippen LogP contribution in [0.2, 0.25) is 5.02 Å². The molecule has 0 aliphatic carbocycles. The van der Waals surface area contributed by atoms with E-state index in [1.165, 1.54) is 11.6 Å². The van der Waals surface area contributed by atoms with Crippen LogP contribution in [0.15, 0.2) is 18.2 Å². The molecule has 0 radical (unpaired) electrons. The lowest BCUT2D eigenvalue weighted by Gasteiger charge is -2.08. The summed E-state index contributed by atoms with van der Waals surface area (Å²) in [7, 11) is 0. The Morgan fingerprint density at radius 3 is 2.81 bits per heavy atom. The SMILES string of the molecule is CCCNCc1c(C)nn(Cc2cc(Cl)ccc2F)c1C. The standard InChI is InChI=1S/C16H21ClFN3/c1-4-7-19-9-15-11(2)20-21(12(15)3)10-13-8-14(17)5-6-16(13)18/h5-6,8,19H,4,7,9-10H2,1-3H3. The summed E-state index contributed by atoms with van der Waals surface area (Å²) in [6, 6.07) is 4.61. The summed E-state index contributed by atoms with van der Waals surface area (Å²) >= 11 is 5.94. The van der Waals surface area contributed by atoms with E-state index in [4.69, 9.17) is 11.6 Å². The van der Waals surface area contributed by atoms with Crippen LogP contribution < -0.4 is 5.32 Å². The van der Waals surface area contributed by atoms with Crippen molar-refractivity contribution in [1.29, 1.82) is 0 Å². The van der Waals surface area contributed by atoms with E-state index in [-0.39, 0.29) is 5.82 Å². The van der Waals surface area contributed by atoms with Gasteiger partial charge in [0.1, 0.15) is 5.82 Å². The number of hydrogen-bond acceptors (Lipinski definition) is 2. The van der Waals surface area contributed by atoms with Crippen LogP contribution in [-0.4, -0.2) is 16.3 Å². The van der Waals surface area contributed by atoms with Crippen LogP contribution in [0, 0.1) is 19.7 Å². The van der Waals surface area contributed by atoms with Gasteiger partial charge >= 0.3 is 0 Å². The van der Waals surface area contributed by atoms with Crippen molar-refractivity contribution in [2.24, 2.45) is 0 Å². The van der Waals surface area contributed by atoms with E-state index < -0.39 is 0 Å². The third-order valence-electron chi connectivity index (χ3n) is 3.59. The van der Waals surface area contributed by atoms with Gasteiger partial charge < -0.3 is 5.32 Å². The van der Waals surface area contributed by atoms with Gasteiger partial charge in [-0.1, -0.05) is 18.5 Å². The van der Waals surface area contributed by atoms with Gasteiger partial charge in [0.05, 0.1) is 12.2 Å². The quantitative estimate of drug-likeness (QED) is 0.822. The topological polar surface area (TPSA) is 29.9 Å². The van der Waals surface area contributed by atoms with Crippen LogP contribution in [0.3, 0.4) is 0 Å². The van der Waals surface area contributed by atoms with E-state index in [1.54, 1.807) is 12.1 Å². The Hall–Kier alpha value is -1.39. The van der Waals surface area contributed by atoms with Gasteiger partial charge in [-0.2, -0.15) is 5.10 Å². The van der Waals surface area contributed by atoms with E-state index in [2.05, 4.69) is 17.3 Å². The minimum absolute atomic E-state index is 0.252. The summed E-state index contributed by atoms with van der Waals surface area (Å²) in [4.78, 5) is 0. The van der Waals surface area contributed by atoms with Gasteiger partial charge in [-0.3, -0.25) is 4.68 Å². The zero-order chi connectivity index (χ0) is 15.4.